The molecule has 4 heteroatoms. The predicted molar refractivity (Wildman–Crippen MR) is 90.5 cm³/mol. The number of aliphatic hydroxyl groups is 1. The highest BCUT2D eigenvalue weighted by Crippen LogP contribution is 2.34. The SMILES string of the molecule is CN(C)CC(O)COc1cccc2c1c1ccccc1n2C. The number of fused-ring (bicyclic) bond motifs is 3. The van der Waals surface area contributed by atoms with Gasteiger partial charge in [0.05, 0.1) is 5.52 Å². The molecule has 3 aromatic rings. The Bertz CT molecular complexity index is 792. The molecule has 1 atom stereocenters. The van der Waals surface area contributed by atoms with Gasteiger partial charge in [0, 0.05) is 29.9 Å². The Kier molecular flexibility index (Phi) is 4.05. The maximum absolute atomic E-state index is 10.00. The lowest BCUT2D eigenvalue weighted by atomic mass is 10.1. The van der Waals surface area contributed by atoms with Gasteiger partial charge in [-0.3, -0.25) is 0 Å². The summed E-state index contributed by atoms with van der Waals surface area (Å²) >= 11 is 0. The van der Waals surface area contributed by atoms with Crippen LogP contribution < -0.4 is 4.74 Å². The zero-order chi connectivity index (χ0) is 15.7. The van der Waals surface area contributed by atoms with E-state index in [0.717, 1.165) is 16.7 Å². The van der Waals surface area contributed by atoms with E-state index in [2.05, 4.69) is 29.8 Å². The lowest BCUT2D eigenvalue weighted by Gasteiger charge is -2.17. The molecule has 0 spiro atoms. The summed E-state index contributed by atoms with van der Waals surface area (Å²) in [7, 11) is 5.94. The van der Waals surface area contributed by atoms with Gasteiger partial charge in [0.1, 0.15) is 18.5 Å². The highest BCUT2D eigenvalue weighted by Gasteiger charge is 2.13. The van der Waals surface area contributed by atoms with Gasteiger partial charge in [-0.25, -0.2) is 0 Å². The molecule has 0 saturated carbocycles. The number of hydrogen-bond donors (Lipinski definition) is 1. The maximum atomic E-state index is 10.00. The average molecular weight is 298 g/mol. The average Bonchev–Trinajstić information content (AvgIpc) is 2.79. The minimum Gasteiger partial charge on any atom is -0.490 e. The Balaban J connectivity index is 1.98. The van der Waals surface area contributed by atoms with E-state index in [9.17, 15) is 5.11 Å². The Morgan fingerprint density at radius 1 is 1.09 bits per heavy atom. The summed E-state index contributed by atoms with van der Waals surface area (Å²) in [5.74, 6) is 0.826. The second-order valence-electron chi connectivity index (χ2n) is 5.95. The summed E-state index contributed by atoms with van der Waals surface area (Å²) in [6.07, 6.45) is -0.500. The number of para-hydroxylation sites is 1. The van der Waals surface area contributed by atoms with Gasteiger partial charge in [-0.1, -0.05) is 24.3 Å². The first kappa shape index (κ1) is 14.9. The molecule has 3 rings (SSSR count). The number of likely N-dealkylation sites (N-methyl/N-ethyl adjacent to an activating group) is 1. The molecule has 1 heterocycles. The van der Waals surface area contributed by atoms with Crippen molar-refractivity contribution in [2.24, 2.45) is 7.05 Å². The number of benzene rings is 2. The minimum atomic E-state index is -0.500. The number of aromatic nitrogens is 1. The number of aryl methyl sites for hydroxylation is 1. The largest absolute Gasteiger partial charge is 0.490 e. The van der Waals surface area contributed by atoms with Gasteiger partial charge >= 0.3 is 0 Å². The summed E-state index contributed by atoms with van der Waals surface area (Å²) in [5, 5.41) is 12.3. The molecule has 2 aromatic carbocycles. The fourth-order valence-electron chi connectivity index (χ4n) is 2.96. The molecule has 0 aliphatic rings. The van der Waals surface area contributed by atoms with Gasteiger partial charge in [-0.05, 0) is 32.3 Å². The molecule has 0 saturated heterocycles. The number of ether oxygens (including phenoxy) is 1. The highest BCUT2D eigenvalue weighted by molar-refractivity contribution is 6.11. The molecule has 1 unspecified atom stereocenters. The van der Waals surface area contributed by atoms with E-state index in [0.29, 0.717) is 13.2 Å². The van der Waals surface area contributed by atoms with Crippen LogP contribution in [-0.2, 0) is 7.05 Å². The van der Waals surface area contributed by atoms with E-state index in [-0.39, 0.29) is 0 Å². The van der Waals surface area contributed by atoms with Crippen molar-refractivity contribution in [1.29, 1.82) is 0 Å². The van der Waals surface area contributed by atoms with Crippen LogP contribution >= 0.6 is 0 Å². The number of aliphatic hydroxyl groups excluding tert-OH is 1. The van der Waals surface area contributed by atoms with Crippen molar-refractivity contribution in [1.82, 2.24) is 9.47 Å². The van der Waals surface area contributed by atoms with Crippen LogP contribution in [0.1, 0.15) is 0 Å². The van der Waals surface area contributed by atoms with Gasteiger partial charge in [-0.2, -0.15) is 0 Å². The van der Waals surface area contributed by atoms with Crippen LogP contribution in [0.25, 0.3) is 21.8 Å². The van der Waals surface area contributed by atoms with Gasteiger partial charge in [-0.15, -0.1) is 0 Å². The van der Waals surface area contributed by atoms with Crippen molar-refractivity contribution in [2.75, 3.05) is 27.2 Å². The smallest absolute Gasteiger partial charge is 0.129 e. The summed E-state index contributed by atoms with van der Waals surface area (Å²) in [5.41, 5.74) is 2.32. The first-order chi connectivity index (χ1) is 10.6. The summed E-state index contributed by atoms with van der Waals surface area (Å²) in [4.78, 5) is 1.95. The molecule has 0 bridgehead atoms. The zero-order valence-electron chi connectivity index (χ0n) is 13.3. The number of hydrogen-bond acceptors (Lipinski definition) is 3. The van der Waals surface area contributed by atoms with E-state index >= 15 is 0 Å². The fourth-order valence-corrected chi connectivity index (χ4v) is 2.96. The fraction of sp³-hybridized carbons (Fsp3) is 0.333. The van der Waals surface area contributed by atoms with Gasteiger partial charge in [0.15, 0.2) is 0 Å². The van der Waals surface area contributed by atoms with Crippen LogP contribution in [0.4, 0.5) is 0 Å². The normalized spacial score (nSPS) is 13.1. The van der Waals surface area contributed by atoms with Crippen LogP contribution in [0.2, 0.25) is 0 Å². The quantitative estimate of drug-likeness (QED) is 0.787. The minimum absolute atomic E-state index is 0.292. The van der Waals surface area contributed by atoms with Gasteiger partial charge < -0.3 is 19.3 Å². The molecule has 4 nitrogen and oxygen atoms in total. The standard InChI is InChI=1S/C18H22N2O2/c1-19(2)11-13(21)12-22-17-10-6-9-16-18(17)14-7-4-5-8-15(14)20(16)3/h4-10,13,21H,11-12H2,1-3H3. The lowest BCUT2D eigenvalue weighted by molar-refractivity contribution is 0.0838. The Morgan fingerprint density at radius 2 is 1.82 bits per heavy atom. The Hall–Kier alpha value is -2.04. The summed E-state index contributed by atoms with van der Waals surface area (Å²) in [6.45, 7) is 0.881. The van der Waals surface area contributed by atoms with E-state index in [1.165, 1.54) is 10.9 Å². The topological polar surface area (TPSA) is 37.6 Å². The first-order valence-corrected chi connectivity index (χ1v) is 7.49. The van der Waals surface area contributed by atoms with Crippen molar-refractivity contribution < 1.29 is 9.84 Å². The van der Waals surface area contributed by atoms with E-state index in [1.54, 1.807) is 0 Å². The lowest BCUT2D eigenvalue weighted by Crippen LogP contribution is -2.30. The molecule has 0 radical (unpaired) electrons. The predicted octanol–water partition coefficient (Wildman–Crippen LogP) is 2.63. The molecule has 0 aliphatic carbocycles. The Morgan fingerprint density at radius 3 is 2.59 bits per heavy atom. The first-order valence-electron chi connectivity index (χ1n) is 7.49. The van der Waals surface area contributed by atoms with Crippen molar-refractivity contribution >= 4 is 21.8 Å². The maximum Gasteiger partial charge on any atom is 0.129 e. The van der Waals surface area contributed by atoms with Gasteiger partial charge in [0.25, 0.3) is 0 Å². The van der Waals surface area contributed by atoms with Gasteiger partial charge in [0.2, 0.25) is 0 Å². The second-order valence-corrected chi connectivity index (χ2v) is 5.95. The summed E-state index contributed by atoms with van der Waals surface area (Å²) in [6, 6.07) is 14.4. The monoisotopic (exact) mass is 298 g/mol. The molecule has 0 amide bonds. The van der Waals surface area contributed by atoms with Crippen molar-refractivity contribution in [2.45, 2.75) is 6.10 Å². The van der Waals surface area contributed by atoms with Crippen LogP contribution in [0, 0.1) is 0 Å². The molecule has 22 heavy (non-hydrogen) atoms. The molecule has 1 N–H and O–H groups in total. The second kappa shape index (κ2) is 5.99. The highest BCUT2D eigenvalue weighted by atomic mass is 16.5. The molecule has 1 aromatic heterocycles. The summed E-state index contributed by atoms with van der Waals surface area (Å²) < 4.78 is 8.09. The van der Waals surface area contributed by atoms with Crippen LogP contribution in [0.15, 0.2) is 42.5 Å². The van der Waals surface area contributed by atoms with Crippen LogP contribution in [-0.4, -0.2) is 47.9 Å². The third kappa shape index (κ3) is 2.67. The third-order valence-electron chi connectivity index (χ3n) is 3.91. The van der Waals surface area contributed by atoms with E-state index in [1.807, 2.05) is 43.3 Å². The molecule has 0 aliphatic heterocycles. The third-order valence-corrected chi connectivity index (χ3v) is 3.91. The Labute approximate surface area is 130 Å². The van der Waals surface area contributed by atoms with Crippen molar-refractivity contribution in [3.05, 3.63) is 42.5 Å². The number of rotatable bonds is 5. The number of nitrogens with zero attached hydrogens (tertiary/aromatic N) is 2. The molecule has 0 fully saturated rings. The van der Waals surface area contributed by atoms with Crippen LogP contribution in [0.3, 0.4) is 0 Å². The molecular weight excluding hydrogens is 276 g/mol. The zero-order valence-corrected chi connectivity index (χ0v) is 13.3. The van der Waals surface area contributed by atoms with E-state index in [4.69, 9.17) is 4.74 Å². The molecule has 116 valence electrons. The van der Waals surface area contributed by atoms with E-state index < -0.39 is 6.10 Å². The molecular formula is C18H22N2O2. The van der Waals surface area contributed by atoms with Crippen LogP contribution in [0.5, 0.6) is 5.75 Å². The van der Waals surface area contributed by atoms with Crippen molar-refractivity contribution in [3.8, 4) is 5.75 Å². The van der Waals surface area contributed by atoms with Crippen molar-refractivity contribution in [3.63, 3.8) is 0 Å².